The lowest BCUT2D eigenvalue weighted by Crippen LogP contribution is -2.33. The lowest BCUT2D eigenvalue weighted by atomic mass is 10.1. The highest BCUT2D eigenvalue weighted by Crippen LogP contribution is 2.34. The van der Waals surface area contributed by atoms with Crippen molar-refractivity contribution < 1.29 is 18.9 Å². The highest BCUT2D eigenvalue weighted by Gasteiger charge is 2.28. The third kappa shape index (κ3) is 5.32. The van der Waals surface area contributed by atoms with Gasteiger partial charge in [-0.2, -0.15) is 0 Å². The number of rotatable bonds is 10. The minimum atomic E-state index is -0.146. The number of nitrogens with zero attached hydrogens (tertiary/aromatic N) is 5. The molecular formula is C28H32N6O5. The zero-order valence-electron chi connectivity index (χ0n) is 22.1. The number of hydrogen-bond acceptors (Lipinski definition) is 9. The number of benzene rings is 2. The quantitative estimate of drug-likeness (QED) is 0.327. The summed E-state index contributed by atoms with van der Waals surface area (Å²) in [5, 5.41) is 13.7. The largest absolute Gasteiger partial charge is 0.497 e. The molecule has 4 aromatic rings. The Kier molecular flexibility index (Phi) is 7.16. The number of H-pyrrole nitrogens is 1. The minimum absolute atomic E-state index is 0.102. The molecule has 0 aliphatic carbocycles. The van der Waals surface area contributed by atoms with Gasteiger partial charge in [-0.25, -0.2) is 4.68 Å². The first-order valence-electron chi connectivity index (χ1n) is 13.3. The van der Waals surface area contributed by atoms with E-state index >= 15 is 0 Å². The van der Waals surface area contributed by atoms with Gasteiger partial charge >= 0.3 is 0 Å². The van der Waals surface area contributed by atoms with Crippen LogP contribution in [0, 0.1) is 0 Å². The van der Waals surface area contributed by atoms with E-state index in [2.05, 4.69) is 32.3 Å². The summed E-state index contributed by atoms with van der Waals surface area (Å²) in [5.41, 5.74) is 2.32. The van der Waals surface area contributed by atoms with Crippen LogP contribution >= 0.6 is 0 Å². The van der Waals surface area contributed by atoms with Gasteiger partial charge in [0.05, 0.1) is 25.8 Å². The monoisotopic (exact) mass is 532 g/mol. The van der Waals surface area contributed by atoms with Gasteiger partial charge in [-0.15, -0.1) is 5.10 Å². The molecule has 6 rings (SSSR count). The van der Waals surface area contributed by atoms with Crippen LogP contribution in [0.2, 0.25) is 0 Å². The molecule has 0 radical (unpaired) electrons. The van der Waals surface area contributed by atoms with Crippen LogP contribution in [-0.2, 0) is 24.4 Å². The molecule has 0 saturated carbocycles. The van der Waals surface area contributed by atoms with Crippen molar-refractivity contribution >= 4 is 10.9 Å². The van der Waals surface area contributed by atoms with Crippen molar-refractivity contribution in [1.82, 2.24) is 30.1 Å². The molecule has 2 aromatic carbocycles. The summed E-state index contributed by atoms with van der Waals surface area (Å²) < 4.78 is 24.2. The van der Waals surface area contributed by atoms with E-state index in [1.54, 1.807) is 7.11 Å². The Balaban J connectivity index is 1.36. The Morgan fingerprint density at radius 2 is 2.05 bits per heavy atom. The normalized spacial score (nSPS) is 17.3. The number of pyridine rings is 1. The fourth-order valence-corrected chi connectivity index (χ4v) is 5.41. The fraction of sp³-hybridized carbons (Fsp3) is 0.429. The Morgan fingerprint density at radius 1 is 1.15 bits per heavy atom. The van der Waals surface area contributed by atoms with Gasteiger partial charge in [-0.05, 0) is 71.7 Å². The van der Waals surface area contributed by atoms with E-state index in [0.717, 1.165) is 65.4 Å². The number of ether oxygens (including phenoxy) is 4. The molecule has 204 valence electrons. The Hall–Kier alpha value is -3.96. The van der Waals surface area contributed by atoms with Gasteiger partial charge in [0.2, 0.25) is 6.79 Å². The summed E-state index contributed by atoms with van der Waals surface area (Å²) in [6, 6.07) is 13.4. The first-order valence-corrected chi connectivity index (χ1v) is 13.3. The van der Waals surface area contributed by atoms with Gasteiger partial charge in [0.25, 0.3) is 5.56 Å². The average molecular weight is 533 g/mol. The van der Waals surface area contributed by atoms with Crippen molar-refractivity contribution in [1.29, 1.82) is 0 Å². The second kappa shape index (κ2) is 11.0. The summed E-state index contributed by atoms with van der Waals surface area (Å²) in [7, 11) is 1.63. The number of aromatic amines is 1. The first kappa shape index (κ1) is 25.3. The molecule has 0 amide bonds. The van der Waals surface area contributed by atoms with Crippen LogP contribution in [0.1, 0.15) is 49.2 Å². The smallest absolute Gasteiger partial charge is 0.252 e. The van der Waals surface area contributed by atoms with E-state index in [1.807, 2.05) is 47.1 Å². The molecule has 1 saturated heterocycles. The summed E-state index contributed by atoms with van der Waals surface area (Å²) in [6.45, 7) is 4.64. The summed E-state index contributed by atoms with van der Waals surface area (Å²) in [4.78, 5) is 18.5. The van der Waals surface area contributed by atoms with Gasteiger partial charge < -0.3 is 23.9 Å². The van der Waals surface area contributed by atoms with Gasteiger partial charge in [0, 0.05) is 36.2 Å². The van der Waals surface area contributed by atoms with Crippen molar-refractivity contribution in [2.75, 3.05) is 20.5 Å². The highest BCUT2D eigenvalue weighted by molar-refractivity contribution is 5.80. The average Bonchev–Trinajstić information content (AvgIpc) is 3.72. The van der Waals surface area contributed by atoms with E-state index in [9.17, 15) is 4.79 Å². The lowest BCUT2D eigenvalue weighted by molar-refractivity contribution is 0.0888. The molecule has 0 unspecified atom stereocenters. The molecule has 1 N–H and O–H groups in total. The SMILES string of the molecule is CC[C@@H](c1nnnn1C[C@@H]1CCCO1)N(Cc1ccc2c(c1)OCO2)Cc1cc2cc(OC)ccc2[nH]c1=O. The van der Waals surface area contributed by atoms with Crippen LogP contribution in [0.25, 0.3) is 10.9 Å². The van der Waals surface area contributed by atoms with Gasteiger partial charge in [-0.3, -0.25) is 9.69 Å². The van der Waals surface area contributed by atoms with Crippen molar-refractivity contribution in [3.8, 4) is 17.2 Å². The van der Waals surface area contributed by atoms with Crippen molar-refractivity contribution in [3.05, 3.63) is 69.8 Å². The molecule has 2 aliphatic heterocycles. The Morgan fingerprint density at radius 3 is 2.87 bits per heavy atom. The molecular weight excluding hydrogens is 500 g/mol. The van der Waals surface area contributed by atoms with Crippen LogP contribution in [0.4, 0.5) is 0 Å². The summed E-state index contributed by atoms with van der Waals surface area (Å²) in [5.74, 6) is 2.95. The zero-order chi connectivity index (χ0) is 26.8. The predicted octanol–water partition coefficient (Wildman–Crippen LogP) is 3.58. The van der Waals surface area contributed by atoms with E-state index in [-0.39, 0.29) is 24.5 Å². The van der Waals surface area contributed by atoms with Crippen LogP contribution in [0.3, 0.4) is 0 Å². The standard InChI is InChI=1S/C28H32N6O5/c1-3-24(27-30-31-32-34(27)16-22-5-4-10-37-22)33(14-18-6-9-25-26(11-18)39-17-38-25)15-20-12-19-13-21(36-2)7-8-23(19)29-28(20)35/h6-9,11-13,22,24H,3-5,10,14-17H2,1-2H3,(H,29,35)/t22-,24-/m0/s1. The molecule has 0 spiro atoms. The van der Waals surface area contributed by atoms with E-state index in [4.69, 9.17) is 18.9 Å². The second-order valence-corrected chi connectivity index (χ2v) is 9.95. The van der Waals surface area contributed by atoms with Crippen LogP contribution < -0.4 is 19.8 Å². The topological polar surface area (TPSA) is 117 Å². The van der Waals surface area contributed by atoms with Crippen molar-refractivity contribution in [2.24, 2.45) is 0 Å². The maximum absolute atomic E-state index is 13.2. The molecule has 4 heterocycles. The Bertz CT molecular complexity index is 1510. The van der Waals surface area contributed by atoms with Gasteiger partial charge in [-0.1, -0.05) is 13.0 Å². The zero-order valence-corrected chi connectivity index (χ0v) is 22.1. The highest BCUT2D eigenvalue weighted by atomic mass is 16.7. The molecule has 2 atom stereocenters. The molecule has 2 aliphatic rings. The van der Waals surface area contributed by atoms with E-state index < -0.39 is 0 Å². The molecule has 1 fully saturated rings. The van der Waals surface area contributed by atoms with Gasteiger partial charge in [0.1, 0.15) is 5.75 Å². The number of tetrazole rings is 1. The van der Waals surface area contributed by atoms with Crippen molar-refractivity contribution in [2.45, 2.75) is 58.0 Å². The minimum Gasteiger partial charge on any atom is -0.497 e. The van der Waals surface area contributed by atoms with Crippen LogP contribution in [0.5, 0.6) is 17.2 Å². The molecule has 0 bridgehead atoms. The summed E-state index contributed by atoms with van der Waals surface area (Å²) >= 11 is 0. The van der Waals surface area contributed by atoms with E-state index in [0.29, 0.717) is 25.2 Å². The number of nitrogens with one attached hydrogen (secondary N) is 1. The molecule has 11 nitrogen and oxygen atoms in total. The molecule has 2 aromatic heterocycles. The van der Waals surface area contributed by atoms with Gasteiger partial charge in [0.15, 0.2) is 17.3 Å². The fourth-order valence-electron chi connectivity index (χ4n) is 5.41. The van der Waals surface area contributed by atoms with Crippen LogP contribution in [0.15, 0.2) is 47.3 Å². The lowest BCUT2D eigenvalue weighted by Gasteiger charge is -2.30. The van der Waals surface area contributed by atoms with E-state index in [1.165, 1.54) is 0 Å². The second-order valence-electron chi connectivity index (χ2n) is 9.95. The Labute approximate surface area is 225 Å². The first-order chi connectivity index (χ1) is 19.1. The third-order valence-corrected chi connectivity index (χ3v) is 7.41. The van der Waals surface area contributed by atoms with Crippen LogP contribution in [-0.4, -0.2) is 56.7 Å². The molecule has 11 heteroatoms. The molecule has 39 heavy (non-hydrogen) atoms. The maximum Gasteiger partial charge on any atom is 0.252 e. The maximum atomic E-state index is 13.2. The predicted molar refractivity (Wildman–Crippen MR) is 143 cm³/mol. The number of aromatic nitrogens is 5. The number of fused-ring (bicyclic) bond motifs is 2. The third-order valence-electron chi connectivity index (χ3n) is 7.41. The van der Waals surface area contributed by atoms with Crippen molar-refractivity contribution in [3.63, 3.8) is 0 Å². The number of hydrogen-bond donors (Lipinski definition) is 1. The summed E-state index contributed by atoms with van der Waals surface area (Å²) in [6.07, 6.45) is 2.89. The number of methoxy groups -OCH3 is 1.